The number of pyridine rings is 2. The van der Waals surface area contributed by atoms with Crippen molar-refractivity contribution in [3.05, 3.63) is 87.4 Å². The molecule has 154 valence electrons. The molecule has 1 aliphatic heterocycles. The van der Waals surface area contributed by atoms with Crippen LogP contribution in [0.25, 0.3) is 10.8 Å². The molecule has 0 bridgehead atoms. The molecular weight excluding hydrogens is 418 g/mol. The number of aromatic hydroxyl groups is 1. The molecule has 1 aliphatic rings. The summed E-state index contributed by atoms with van der Waals surface area (Å²) in [6, 6.07) is 15.9. The second-order valence-electron chi connectivity index (χ2n) is 6.93. The van der Waals surface area contributed by atoms with E-state index in [-0.39, 0.29) is 29.9 Å². The third-order valence-corrected chi connectivity index (χ3v) is 5.33. The molecule has 3 heterocycles. The SMILES string of the molecule is O=c1c2ccccc2c(C=Nc2cccnc2Cl)c(O)n1Cc1ccc2c(c1)OCO2. The average Bonchev–Trinajstić information content (AvgIpc) is 3.26. The van der Waals surface area contributed by atoms with Gasteiger partial charge in [-0.2, -0.15) is 0 Å². The van der Waals surface area contributed by atoms with Gasteiger partial charge in [0, 0.05) is 23.2 Å². The van der Waals surface area contributed by atoms with Crippen LogP contribution in [0.3, 0.4) is 0 Å². The monoisotopic (exact) mass is 433 g/mol. The highest BCUT2D eigenvalue weighted by Crippen LogP contribution is 2.33. The van der Waals surface area contributed by atoms with Gasteiger partial charge in [0.15, 0.2) is 16.7 Å². The maximum atomic E-state index is 13.1. The zero-order valence-electron chi connectivity index (χ0n) is 16.2. The second-order valence-corrected chi connectivity index (χ2v) is 7.29. The van der Waals surface area contributed by atoms with Gasteiger partial charge in [0.1, 0.15) is 5.69 Å². The first-order valence-corrected chi connectivity index (χ1v) is 9.87. The first kappa shape index (κ1) is 19.1. The molecular formula is C23H16ClN3O4. The Morgan fingerprint density at radius 3 is 2.74 bits per heavy atom. The number of halogens is 1. The van der Waals surface area contributed by atoms with Crippen LogP contribution in [-0.4, -0.2) is 27.7 Å². The highest BCUT2D eigenvalue weighted by Gasteiger charge is 2.18. The number of aromatic nitrogens is 2. The summed E-state index contributed by atoms with van der Waals surface area (Å²) < 4.78 is 12.1. The molecule has 8 heteroatoms. The number of fused-ring (bicyclic) bond motifs is 2. The maximum absolute atomic E-state index is 13.1. The van der Waals surface area contributed by atoms with Crippen LogP contribution >= 0.6 is 11.6 Å². The molecule has 0 amide bonds. The Morgan fingerprint density at radius 1 is 1.10 bits per heavy atom. The molecule has 0 spiro atoms. The molecule has 0 saturated carbocycles. The van der Waals surface area contributed by atoms with Gasteiger partial charge in [-0.1, -0.05) is 35.9 Å². The van der Waals surface area contributed by atoms with Crippen molar-refractivity contribution < 1.29 is 14.6 Å². The van der Waals surface area contributed by atoms with Gasteiger partial charge in [0.25, 0.3) is 5.56 Å². The Labute approximate surface area is 181 Å². The molecule has 0 radical (unpaired) electrons. The maximum Gasteiger partial charge on any atom is 0.261 e. The van der Waals surface area contributed by atoms with Crippen molar-refractivity contribution in [3.63, 3.8) is 0 Å². The quantitative estimate of drug-likeness (QED) is 0.383. The minimum absolute atomic E-state index is 0.153. The van der Waals surface area contributed by atoms with Gasteiger partial charge in [-0.25, -0.2) is 4.98 Å². The third-order valence-electron chi connectivity index (χ3n) is 5.04. The topological polar surface area (TPSA) is 85.9 Å². The summed E-state index contributed by atoms with van der Waals surface area (Å²) in [6.07, 6.45) is 3.07. The van der Waals surface area contributed by atoms with E-state index < -0.39 is 0 Å². The number of benzene rings is 2. The summed E-state index contributed by atoms with van der Waals surface area (Å²) in [7, 11) is 0. The van der Waals surface area contributed by atoms with Crippen molar-refractivity contribution in [2.45, 2.75) is 6.54 Å². The van der Waals surface area contributed by atoms with Crippen molar-refractivity contribution in [3.8, 4) is 17.4 Å². The largest absolute Gasteiger partial charge is 0.494 e. The minimum Gasteiger partial charge on any atom is -0.494 e. The van der Waals surface area contributed by atoms with E-state index in [0.717, 1.165) is 5.56 Å². The lowest BCUT2D eigenvalue weighted by atomic mass is 10.1. The molecule has 0 atom stereocenters. The number of ether oxygens (including phenoxy) is 2. The minimum atomic E-state index is -0.303. The Bertz CT molecular complexity index is 1400. The summed E-state index contributed by atoms with van der Waals surface area (Å²) in [4.78, 5) is 21.5. The average molecular weight is 434 g/mol. The third kappa shape index (κ3) is 3.49. The summed E-state index contributed by atoms with van der Waals surface area (Å²) in [5, 5.41) is 12.3. The van der Waals surface area contributed by atoms with Gasteiger partial charge in [-0.3, -0.25) is 14.4 Å². The number of rotatable bonds is 4. The molecule has 0 unspecified atom stereocenters. The smallest absolute Gasteiger partial charge is 0.261 e. The van der Waals surface area contributed by atoms with Crippen LogP contribution in [0.5, 0.6) is 17.4 Å². The van der Waals surface area contributed by atoms with E-state index in [1.54, 1.807) is 54.7 Å². The molecule has 2 aromatic carbocycles. The number of hydrogen-bond acceptors (Lipinski definition) is 6. The van der Waals surface area contributed by atoms with Gasteiger partial charge in [-0.15, -0.1) is 0 Å². The molecule has 2 aromatic heterocycles. The van der Waals surface area contributed by atoms with E-state index in [1.165, 1.54) is 10.8 Å². The predicted molar refractivity (Wildman–Crippen MR) is 118 cm³/mol. The molecule has 4 aromatic rings. The predicted octanol–water partition coefficient (Wildman–Crippen LogP) is 4.28. The molecule has 31 heavy (non-hydrogen) atoms. The molecule has 7 nitrogen and oxygen atoms in total. The fourth-order valence-corrected chi connectivity index (χ4v) is 3.68. The molecule has 1 N–H and O–H groups in total. The highest BCUT2D eigenvalue weighted by atomic mass is 35.5. The van der Waals surface area contributed by atoms with Gasteiger partial charge in [0.2, 0.25) is 12.7 Å². The molecule has 0 fully saturated rings. The Balaban J connectivity index is 1.64. The summed E-state index contributed by atoms with van der Waals surface area (Å²) in [6.45, 7) is 0.318. The zero-order valence-corrected chi connectivity index (χ0v) is 16.9. The fraction of sp³-hybridized carbons (Fsp3) is 0.0870. The van der Waals surface area contributed by atoms with Gasteiger partial charge < -0.3 is 14.6 Å². The Kier molecular flexibility index (Phi) is 4.80. The highest BCUT2D eigenvalue weighted by molar-refractivity contribution is 6.31. The fourth-order valence-electron chi connectivity index (χ4n) is 3.52. The van der Waals surface area contributed by atoms with Crippen LogP contribution in [0, 0.1) is 0 Å². The van der Waals surface area contributed by atoms with Crippen molar-refractivity contribution in [1.29, 1.82) is 0 Å². The second kappa shape index (κ2) is 7.77. The standard InChI is InChI=1S/C23H16ClN3O4/c24-21-18(6-3-9-25-21)26-11-17-15-4-1-2-5-16(15)22(28)27(23(17)29)12-14-7-8-19-20(10-14)31-13-30-19/h1-11,29H,12-13H2. The van der Waals surface area contributed by atoms with Crippen LogP contribution in [-0.2, 0) is 6.54 Å². The van der Waals surface area contributed by atoms with Gasteiger partial charge in [0.05, 0.1) is 12.1 Å². The van der Waals surface area contributed by atoms with E-state index in [4.69, 9.17) is 21.1 Å². The first-order chi connectivity index (χ1) is 15.1. The molecule has 5 rings (SSSR count). The Hall–Kier alpha value is -3.84. The van der Waals surface area contributed by atoms with E-state index in [0.29, 0.717) is 33.5 Å². The number of aliphatic imine (C=N–C) groups is 1. The molecule has 0 aliphatic carbocycles. The lowest BCUT2D eigenvalue weighted by Gasteiger charge is -2.14. The van der Waals surface area contributed by atoms with E-state index in [1.807, 2.05) is 6.07 Å². The van der Waals surface area contributed by atoms with Crippen molar-refractivity contribution >= 4 is 34.3 Å². The van der Waals surface area contributed by atoms with Crippen LogP contribution in [0.4, 0.5) is 5.69 Å². The Morgan fingerprint density at radius 2 is 1.90 bits per heavy atom. The lowest BCUT2D eigenvalue weighted by molar-refractivity contribution is 0.174. The van der Waals surface area contributed by atoms with Gasteiger partial charge >= 0.3 is 0 Å². The molecule has 0 saturated heterocycles. The van der Waals surface area contributed by atoms with Crippen LogP contribution < -0.4 is 15.0 Å². The normalized spacial score (nSPS) is 12.7. The van der Waals surface area contributed by atoms with E-state index in [2.05, 4.69) is 9.98 Å². The van der Waals surface area contributed by atoms with Gasteiger partial charge in [-0.05, 0) is 35.9 Å². The lowest BCUT2D eigenvalue weighted by Crippen LogP contribution is -2.22. The van der Waals surface area contributed by atoms with Crippen molar-refractivity contribution in [1.82, 2.24) is 9.55 Å². The van der Waals surface area contributed by atoms with E-state index >= 15 is 0 Å². The zero-order chi connectivity index (χ0) is 21.4. The van der Waals surface area contributed by atoms with Crippen LogP contribution in [0.15, 0.2) is 70.6 Å². The van der Waals surface area contributed by atoms with E-state index in [9.17, 15) is 9.90 Å². The van der Waals surface area contributed by atoms with Crippen LogP contribution in [0.1, 0.15) is 11.1 Å². The first-order valence-electron chi connectivity index (χ1n) is 9.49. The van der Waals surface area contributed by atoms with Crippen molar-refractivity contribution in [2.24, 2.45) is 4.99 Å². The summed E-state index contributed by atoms with van der Waals surface area (Å²) in [5.74, 6) is 1.07. The van der Waals surface area contributed by atoms with Crippen LogP contribution in [0.2, 0.25) is 5.15 Å². The number of nitrogens with zero attached hydrogens (tertiary/aromatic N) is 3. The summed E-state index contributed by atoms with van der Waals surface area (Å²) in [5.41, 5.74) is 1.36. The summed E-state index contributed by atoms with van der Waals surface area (Å²) >= 11 is 6.09. The number of hydrogen-bond donors (Lipinski definition) is 1. The van der Waals surface area contributed by atoms with Crippen molar-refractivity contribution in [2.75, 3.05) is 6.79 Å².